The summed E-state index contributed by atoms with van der Waals surface area (Å²) in [7, 11) is -4.04. The minimum Gasteiger partial charge on any atom is -0.331 e. The predicted molar refractivity (Wildman–Crippen MR) is 103 cm³/mol. The van der Waals surface area contributed by atoms with Gasteiger partial charge >= 0.3 is 0 Å². The Morgan fingerprint density at radius 2 is 1.92 bits per heavy atom. The molecular weight excluding hydrogens is 395 g/mol. The van der Waals surface area contributed by atoms with Crippen molar-refractivity contribution in [3.8, 4) is 0 Å². The van der Waals surface area contributed by atoms with Gasteiger partial charge in [-0.3, -0.25) is 4.72 Å². The van der Waals surface area contributed by atoms with Crippen LogP contribution in [0.5, 0.6) is 0 Å². The van der Waals surface area contributed by atoms with Gasteiger partial charge < -0.3 is 5.32 Å². The summed E-state index contributed by atoms with van der Waals surface area (Å²) in [6.07, 6.45) is 1.46. The molecule has 0 aliphatic rings. The molecule has 0 amide bonds. The molecule has 10 heteroatoms. The van der Waals surface area contributed by atoms with Crippen molar-refractivity contribution in [2.45, 2.75) is 31.1 Å². The average Bonchev–Trinajstić information content (AvgIpc) is 3.17. The van der Waals surface area contributed by atoms with E-state index in [0.717, 1.165) is 23.1 Å². The van der Waals surface area contributed by atoms with Gasteiger partial charge in [0, 0.05) is 28.1 Å². The highest BCUT2D eigenvalue weighted by atomic mass is 32.2. The van der Waals surface area contributed by atoms with E-state index in [4.69, 9.17) is 0 Å². The monoisotopic (exact) mass is 412 g/mol. The Morgan fingerprint density at radius 3 is 2.50 bits per heavy atom. The van der Waals surface area contributed by atoms with Gasteiger partial charge in [0.25, 0.3) is 10.0 Å². The Hall–Kier alpha value is -2.04. The number of sulfonamides is 1. The van der Waals surface area contributed by atoms with Crippen LogP contribution >= 0.6 is 22.7 Å². The highest BCUT2D eigenvalue weighted by molar-refractivity contribution is 7.93. The Labute approximate surface area is 159 Å². The summed E-state index contributed by atoms with van der Waals surface area (Å²) in [6.45, 7) is 6.17. The number of thiazole rings is 2. The summed E-state index contributed by atoms with van der Waals surface area (Å²) < 4.78 is 41.2. The first-order valence-electron chi connectivity index (χ1n) is 7.60. The van der Waals surface area contributed by atoms with Crippen molar-refractivity contribution < 1.29 is 12.8 Å². The third-order valence-electron chi connectivity index (χ3n) is 3.40. The van der Waals surface area contributed by atoms with Crippen LogP contribution in [0.2, 0.25) is 0 Å². The quantitative estimate of drug-likeness (QED) is 0.641. The topological polar surface area (TPSA) is 84.0 Å². The average molecular weight is 413 g/mol. The van der Waals surface area contributed by atoms with Crippen LogP contribution in [0.4, 0.5) is 20.3 Å². The minimum atomic E-state index is -4.04. The van der Waals surface area contributed by atoms with Crippen molar-refractivity contribution in [3.63, 3.8) is 0 Å². The second-order valence-electron chi connectivity index (χ2n) is 6.50. The molecule has 2 aromatic heterocycles. The first-order valence-corrected chi connectivity index (χ1v) is 10.8. The molecule has 0 aliphatic heterocycles. The SMILES string of the molecule is CC(C)(C)c1csc(Nc2ccc(S(=O)(=O)Nc3nccs3)c(F)c2)n1. The Kier molecular flexibility index (Phi) is 5.00. The smallest absolute Gasteiger partial charge is 0.266 e. The predicted octanol–water partition coefficient (Wildman–Crippen LogP) is 4.58. The van der Waals surface area contributed by atoms with Crippen LogP contribution in [0.25, 0.3) is 0 Å². The molecular formula is C16H17FN4O2S3. The molecule has 0 bridgehead atoms. The fourth-order valence-electron chi connectivity index (χ4n) is 2.04. The molecule has 0 fully saturated rings. The van der Waals surface area contributed by atoms with Crippen LogP contribution in [0.3, 0.4) is 0 Å². The minimum absolute atomic E-state index is 0.0822. The number of anilines is 3. The van der Waals surface area contributed by atoms with Gasteiger partial charge in [-0.2, -0.15) is 0 Å². The van der Waals surface area contributed by atoms with Gasteiger partial charge in [-0.1, -0.05) is 20.8 Å². The fraction of sp³-hybridized carbons (Fsp3) is 0.250. The third-order valence-corrected chi connectivity index (χ3v) is 6.35. The van der Waals surface area contributed by atoms with Crippen molar-refractivity contribution >= 4 is 48.6 Å². The summed E-state index contributed by atoms with van der Waals surface area (Å²) in [5.74, 6) is -0.855. The highest BCUT2D eigenvalue weighted by Gasteiger charge is 2.21. The van der Waals surface area contributed by atoms with Gasteiger partial charge in [-0.25, -0.2) is 22.8 Å². The molecule has 0 radical (unpaired) electrons. The number of rotatable bonds is 5. The lowest BCUT2D eigenvalue weighted by Gasteiger charge is -2.14. The first kappa shape index (κ1) is 18.7. The largest absolute Gasteiger partial charge is 0.331 e. The summed E-state index contributed by atoms with van der Waals surface area (Å²) in [4.78, 5) is 7.88. The van der Waals surface area contributed by atoms with E-state index in [9.17, 15) is 12.8 Å². The molecule has 2 heterocycles. The summed E-state index contributed by atoms with van der Waals surface area (Å²) in [6, 6.07) is 3.85. The highest BCUT2D eigenvalue weighted by Crippen LogP contribution is 2.29. The molecule has 0 aliphatic carbocycles. The zero-order valence-corrected chi connectivity index (χ0v) is 16.7. The lowest BCUT2D eigenvalue weighted by molar-refractivity contribution is 0.570. The van der Waals surface area contributed by atoms with E-state index < -0.39 is 20.7 Å². The van der Waals surface area contributed by atoms with Gasteiger partial charge in [0.15, 0.2) is 10.3 Å². The van der Waals surface area contributed by atoms with Crippen molar-refractivity contribution in [1.29, 1.82) is 0 Å². The van der Waals surface area contributed by atoms with E-state index in [-0.39, 0.29) is 10.5 Å². The Morgan fingerprint density at radius 1 is 1.15 bits per heavy atom. The van der Waals surface area contributed by atoms with E-state index in [1.807, 2.05) is 5.38 Å². The van der Waals surface area contributed by atoms with Crippen LogP contribution in [-0.4, -0.2) is 18.4 Å². The standard InChI is InChI=1S/C16H17FN4O2S3/c1-16(2,3)13-9-25-15(20-13)19-10-4-5-12(11(17)8-10)26(22,23)21-14-18-6-7-24-14/h4-9H,1-3H3,(H,18,21)(H,19,20). The molecule has 0 saturated heterocycles. The van der Waals surface area contributed by atoms with E-state index in [1.54, 1.807) is 5.38 Å². The number of hydrogen-bond acceptors (Lipinski definition) is 7. The van der Waals surface area contributed by atoms with Gasteiger partial charge in [-0.05, 0) is 18.2 Å². The third kappa shape index (κ3) is 4.19. The summed E-state index contributed by atoms with van der Waals surface area (Å²) in [5.41, 5.74) is 1.27. The molecule has 26 heavy (non-hydrogen) atoms. The Bertz CT molecular complexity index is 1010. The van der Waals surface area contributed by atoms with Crippen molar-refractivity contribution in [2.24, 2.45) is 0 Å². The maximum absolute atomic E-state index is 14.4. The summed E-state index contributed by atoms with van der Waals surface area (Å²) in [5, 5.41) is 7.37. The van der Waals surface area contributed by atoms with Crippen molar-refractivity contribution in [2.75, 3.05) is 10.0 Å². The van der Waals surface area contributed by atoms with Gasteiger partial charge in [0.1, 0.15) is 10.7 Å². The normalized spacial score (nSPS) is 12.2. The molecule has 1 aromatic carbocycles. The van der Waals surface area contributed by atoms with Crippen molar-refractivity contribution in [1.82, 2.24) is 9.97 Å². The number of benzene rings is 1. The van der Waals surface area contributed by atoms with Crippen LogP contribution in [-0.2, 0) is 15.4 Å². The summed E-state index contributed by atoms with van der Waals surface area (Å²) >= 11 is 2.52. The molecule has 138 valence electrons. The number of hydrogen-bond donors (Lipinski definition) is 2. The number of nitrogens with one attached hydrogen (secondary N) is 2. The Balaban J connectivity index is 1.80. The fourth-order valence-corrected chi connectivity index (χ4v) is 4.85. The lowest BCUT2D eigenvalue weighted by atomic mass is 9.93. The van der Waals surface area contributed by atoms with E-state index in [0.29, 0.717) is 10.8 Å². The molecule has 2 N–H and O–H groups in total. The van der Waals surface area contributed by atoms with Gasteiger partial charge in [0.05, 0.1) is 5.69 Å². The van der Waals surface area contributed by atoms with Gasteiger partial charge in [-0.15, -0.1) is 22.7 Å². The van der Waals surface area contributed by atoms with Crippen LogP contribution in [0.15, 0.2) is 40.1 Å². The number of halogens is 1. The van der Waals surface area contributed by atoms with Crippen LogP contribution in [0, 0.1) is 5.82 Å². The van der Waals surface area contributed by atoms with E-state index in [1.165, 1.54) is 29.7 Å². The van der Waals surface area contributed by atoms with E-state index >= 15 is 0 Å². The first-order chi connectivity index (χ1) is 12.1. The van der Waals surface area contributed by atoms with Crippen LogP contribution in [0.1, 0.15) is 26.5 Å². The molecule has 3 aromatic rings. The second kappa shape index (κ2) is 6.93. The molecule has 0 saturated carbocycles. The zero-order valence-electron chi connectivity index (χ0n) is 14.3. The van der Waals surface area contributed by atoms with E-state index in [2.05, 4.69) is 40.8 Å². The molecule has 6 nitrogen and oxygen atoms in total. The molecule has 0 spiro atoms. The molecule has 3 rings (SSSR count). The maximum Gasteiger partial charge on any atom is 0.266 e. The molecule has 0 unspecified atom stereocenters. The van der Waals surface area contributed by atoms with Crippen LogP contribution < -0.4 is 10.0 Å². The van der Waals surface area contributed by atoms with Gasteiger partial charge in [0.2, 0.25) is 0 Å². The second-order valence-corrected chi connectivity index (χ2v) is 9.90. The lowest BCUT2D eigenvalue weighted by Crippen LogP contribution is -2.14. The zero-order chi connectivity index (χ0) is 18.9. The number of aromatic nitrogens is 2. The maximum atomic E-state index is 14.4. The van der Waals surface area contributed by atoms with Crippen molar-refractivity contribution in [3.05, 3.63) is 46.7 Å². The molecule has 0 atom stereocenters. The number of nitrogens with zero attached hydrogens (tertiary/aromatic N) is 2.